The molecule has 0 fully saturated rings. The van der Waals surface area contributed by atoms with Gasteiger partial charge in [0.05, 0.1) is 16.9 Å². The molecule has 32 heavy (non-hydrogen) atoms. The number of aromatic nitrogens is 1. The number of fused-ring (bicyclic) bond motifs is 1. The number of ether oxygens (including phenoxy) is 3. The Kier molecular flexibility index (Phi) is 5.83. The van der Waals surface area contributed by atoms with Gasteiger partial charge in [-0.3, -0.25) is 4.98 Å². The van der Waals surface area contributed by atoms with Gasteiger partial charge in [0.1, 0.15) is 34.4 Å². The number of carbonyl (C=O) groups is 1. The van der Waals surface area contributed by atoms with Gasteiger partial charge in [-0.1, -0.05) is 12.1 Å². The second kappa shape index (κ2) is 8.44. The van der Waals surface area contributed by atoms with Crippen LogP contribution in [0.1, 0.15) is 20.8 Å². The molecule has 1 aliphatic heterocycles. The van der Waals surface area contributed by atoms with Gasteiger partial charge in [-0.2, -0.15) is 4.31 Å². The van der Waals surface area contributed by atoms with E-state index in [1.54, 1.807) is 44.6 Å². The zero-order valence-corrected chi connectivity index (χ0v) is 19.4. The van der Waals surface area contributed by atoms with Crippen molar-refractivity contribution in [1.29, 1.82) is 0 Å². The third-order valence-corrected chi connectivity index (χ3v) is 7.03. The first kappa shape index (κ1) is 22.1. The number of benzene rings is 2. The first-order valence-electron chi connectivity index (χ1n) is 9.83. The van der Waals surface area contributed by atoms with Gasteiger partial charge in [-0.25, -0.2) is 13.2 Å². The van der Waals surface area contributed by atoms with Crippen molar-refractivity contribution in [2.24, 2.45) is 0 Å². The minimum Gasteiger partial charge on any atom is -0.490 e. The van der Waals surface area contributed by atoms with Crippen LogP contribution < -0.4 is 9.47 Å². The Hall–Kier alpha value is -3.11. The van der Waals surface area contributed by atoms with Gasteiger partial charge in [0, 0.05) is 12.3 Å². The Morgan fingerprint density at radius 2 is 1.94 bits per heavy atom. The van der Waals surface area contributed by atoms with Crippen molar-refractivity contribution in [2.75, 3.05) is 13.2 Å². The van der Waals surface area contributed by atoms with Crippen molar-refractivity contribution >= 4 is 27.5 Å². The molecule has 1 aromatic heterocycles. The quantitative estimate of drug-likeness (QED) is 0.532. The average Bonchev–Trinajstić information content (AvgIpc) is 3.21. The number of sulfonamides is 1. The molecule has 2 heterocycles. The molecule has 3 aromatic rings. The van der Waals surface area contributed by atoms with E-state index in [4.69, 9.17) is 14.2 Å². The Bertz CT molecular complexity index is 1230. The van der Waals surface area contributed by atoms with Crippen molar-refractivity contribution in [3.63, 3.8) is 0 Å². The lowest BCUT2D eigenvalue weighted by atomic mass is 10.2. The summed E-state index contributed by atoms with van der Waals surface area (Å²) in [4.78, 5) is 17.5. The summed E-state index contributed by atoms with van der Waals surface area (Å²) in [6, 6.07) is 11.9. The molecule has 0 saturated heterocycles. The van der Waals surface area contributed by atoms with E-state index < -0.39 is 21.7 Å². The molecule has 0 radical (unpaired) electrons. The van der Waals surface area contributed by atoms with Crippen LogP contribution in [0.3, 0.4) is 0 Å². The van der Waals surface area contributed by atoms with Gasteiger partial charge in [0.15, 0.2) is 0 Å². The van der Waals surface area contributed by atoms with Crippen LogP contribution in [-0.4, -0.2) is 42.6 Å². The second-order valence-corrected chi connectivity index (χ2v) is 10.7. The van der Waals surface area contributed by atoms with Gasteiger partial charge in [0.25, 0.3) is 10.0 Å². The smallest absolute Gasteiger partial charge is 0.424 e. The summed E-state index contributed by atoms with van der Waals surface area (Å²) in [6.07, 6.45) is 0.818. The molecular formula is C22H22N2O6S2. The number of thiazole rings is 1. The van der Waals surface area contributed by atoms with Gasteiger partial charge >= 0.3 is 6.09 Å². The predicted molar refractivity (Wildman–Crippen MR) is 120 cm³/mol. The third kappa shape index (κ3) is 4.71. The summed E-state index contributed by atoms with van der Waals surface area (Å²) in [5.41, 5.74) is 1.85. The average molecular weight is 475 g/mol. The standard InChI is InChI=1S/C22H22N2O6S2/c1-22(2,3)30-21(25)24-9-10-28-18-8-7-17(12-20(18)32(24,26)27)29-16-6-4-5-15(11-16)19-13-23-14-31-19/h4-8,11-14H,9-10H2,1-3H3. The third-order valence-electron chi connectivity index (χ3n) is 4.42. The fourth-order valence-corrected chi connectivity index (χ4v) is 5.11. The first-order valence-corrected chi connectivity index (χ1v) is 12.1. The van der Waals surface area contributed by atoms with Crippen LogP contribution in [0.25, 0.3) is 10.4 Å². The SMILES string of the molecule is CC(C)(C)OC(=O)N1CCOc2ccc(Oc3cccc(-c4cncs4)c3)cc2S1(=O)=O. The highest BCUT2D eigenvalue weighted by atomic mass is 32.2. The van der Waals surface area contributed by atoms with Crippen LogP contribution >= 0.6 is 11.3 Å². The number of rotatable bonds is 3. The van der Waals surface area contributed by atoms with Crippen LogP contribution in [0.15, 0.2) is 59.1 Å². The topological polar surface area (TPSA) is 95.0 Å². The summed E-state index contributed by atoms with van der Waals surface area (Å²) in [5.74, 6) is 0.983. The Balaban J connectivity index is 1.64. The predicted octanol–water partition coefficient (Wildman–Crippen LogP) is 4.92. The minimum atomic E-state index is -4.20. The molecule has 0 aliphatic carbocycles. The molecule has 0 saturated carbocycles. The zero-order chi connectivity index (χ0) is 22.9. The summed E-state index contributed by atoms with van der Waals surface area (Å²) in [7, 11) is -4.20. The molecule has 4 rings (SSSR count). The molecule has 0 atom stereocenters. The van der Waals surface area contributed by atoms with Crippen LogP contribution in [0.5, 0.6) is 17.2 Å². The van der Waals surface area contributed by atoms with Gasteiger partial charge < -0.3 is 14.2 Å². The van der Waals surface area contributed by atoms with E-state index in [9.17, 15) is 13.2 Å². The molecule has 1 aliphatic rings. The lowest BCUT2D eigenvalue weighted by Crippen LogP contribution is -2.41. The van der Waals surface area contributed by atoms with Gasteiger partial charge in [-0.05, 0) is 50.6 Å². The minimum absolute atomic E-state index is 0.0164. The van der Waals surface area contributed by atoms with Crippen molar-refractivity contribution < 1.29 is 27.4 Å². The van der Waals surface area contributed by atoms with E-state index in [0.29, 0.717) is 15.8 Å². The van der Waals surface area contributed by atoms with E-state index >= 15 is 0 Å². The molecule has 0 N–H and O–H groups in total. The van der Waals surface area contributed by atoms with Gasteiger partial charge in [0.2, 0.25) is 0 Å². The Labute approximate surface area is 190 Å². The van der Waals surface area contributed by atoms with Crippen molar-refractivity contribution in [2.45, 2.75) is 31.3 Å². The fraction of sp³-hybridized carbons (Fsp3) is 0.273. The summed E-state index contributed by atoms with van der Waals surface area (Å²) < 4.78 is 44.0. The number of nitrogens with zero attached hydrogens (tertiary/aromatic N) is 2. The monoisotopic (exact) mass is 474 g/mol. The molecule has 2 aromatic carbocycles. The van der Waals surface area contributed by atoms with Crippen molar-refractivity contribution in [3.05, 3.63) is 54.2 Å². The lowest BCUT2D eigenvalue weighted by Gasteiger charge is -2.25. The molecule has 10 heteroatoms. The van der Waals surface area contributed by atoms with E-state index in [0.717, 1.165) is 10.4 Å². The van der Waals surface area contributed by atoms with E-state index in [2.05, 4.69) is 4.98 Å². The van der Waals surface area contributed by atoms with Crippen LogP contribution in [0.4, 0.5) is 4.79 Å². The van der Waals surface area contributed by atoms with E-state index in [1.165, 1.54) is 23.5 Å². The van der Waals surface area contributed by atoms with Crippen molar-refractivity contribution in [1.82, 2.24) is 9.29 Å². The molecule has 0 bridgehead atoms. The van der Waals surface area contributed by atoms with E-state index in [1.807, 2.05) is 18.2 Å². The normalized spacial score (nSPS) is 15.3. The zero-order valence-electron chi connectivity index (χ0n) is 17.8. The van der Waals surface area contributed by atoms with E-state index in [-0.39, 0.29) is 23.8 Å². The number of amides is 1. The maximum Gasteiger partial charge on any atom is 0.424 e. The van der Waals surface area contributed by atoms with Crippen LogP contribution in [0, 0.1) is 0 Å². The van der Waals surface area contributed by atoms with Gasteiger partial charge in [-0.15, -0.1) is 11.3 Å². The van der Waals surface area contributed by atoms with Crippen molar-refractivity contribution in [3.8, 4) is 27.7 Å². The summed E-state index contributed by atoms with van der Waals surface area (Å²) in [5, 5.41) is 0. The number of hydrogen-bond acceptors (Lipinski definition) is 8. The largest absolute Gasteiger partial charge is 0.490 e. The first-order chi connectivity index (χ1) is 15.1. The molecule has 168 valence electrons. The van der Waals surface area contributed by atoms with Crippen LogP contribution in [0.2, 0.25) is 0 Å². The highest BCUT2D eigenvalue weighted by Crippen LogP contribution is 2.36. The Morgan fingerprint density at radius 3 is 2.66 bits per heavy atom. The highest BCUT2D eigenvalue weighted by molar-refractivity contribution is 7.89. The highest BCUT2D eigenvalue weighted by Gasteiger charge is 2.37. The molecular weight excluding hydrogens is 452 g/mol. The Morgan fingerprint density at radius 1 is 1.16 bits per heavy atom. The molecule has 1 amide bonds. The lowest BCUT2D eigenvalue weighted by molar-refractivity contribution is 0.0381. The van der Waals surface area contributed by atoms with Crippen LogP contribution in [-0.2, 0) is 14.8 Å². The summed E-state index contributed by atoms with van der Waals surface area (Å²) in [6.45, 7) is 4.88. The number of carbonyl (C=O) groups excluding carboxylic acids is 1. The molecule has 8 nitrogen and oxygen atoms in total. The fourth-order valence-electron chi connectivity index (χ4n) is 3.06. The second-order valence-electron chi connectivity index (χ2n) is 8.01. The maximum atomic E-state index is 13.2. The summed E-state index contributed by atoms with van der Waals surface area (Å²) >= 11 is 1.51. The molecule has 0 spiro atoms. The number of hydrogen-bond donors (Lipinski definition) is 0. The molecule has 0 unspecified atom stereocenters. The maximum absolute atomic E-state index is 13.2.